The van der Waals surface area contributed by atoms with Crippen molar-refractivity contribution in [3.63, 3.8) is 0 Å². The van der Waals surface area contributed by atoms with Crippen LogP contribution in [0.5, 0.6) is 0 Å². The second-order valence-corrected chi connectivity index (χ2v) is 7.10. The van der Waals surface area contributed by atoms with E-state index in [4.69, 9.17) is 18.5 Å². The molecular weight excluding hydrogens is 418 g/mol. The van der Waals surface area contributed by atoms with E-state index < -0.39 is 24.1 Å². The molecule has 170 valence electrons. The molecule has 11 nitrogen and oxygen atoms in total. The van der Waals surface area contributed by atoms with Crippen molar-refractivity contribution in [2.45, 2.75) is 65.6 Å². The number of hydrogen-bond acceptors (Lipinski definition) is 11. The fourth-order valence-corrected chi connectivity index (χ4v) is 2.72. The number of ether oxygens (including phenoxy) is 2. The van der Waals surface area contributed by atoms with Crippen LogP contribution in [0.15, 0.2) is 27.2 Å². The minimum absolute atomic E-state index is 0.0599. The second kappa shape index (κ2) is 10.6. The normalized spacial score (nSPS) is 12.9. The van der Waals surface area contributed by atoms with Gasteiger partial charge >= 0.3 is 11.9 Å². The van der Waals surface area contributed by atoms with E-state index >= 15 is 0 Å². The van der Waals surface area contributed by atoms with Crippen LogP contribution in [0.3, 0.4) is 0 Å². The van der Waals surface area contributed by atoms with Gasteiger partial charge < -0.3 is 18.5 Å². The van der Waals surface area contributed by atoms with Gasteiger partial charge in [0.1, 0.15) is 11.4 Å². The van der Waals surface area contributed by atoms with Gasteiger partial charge in [-0.3, -0.25) is 0 Å². The summed E-state index contributed by atoms with van der Waals surface area (Å²) in [7, 11) is 0. The molecule has 0 aliphatic rings. The van der Waals surface area contributed by atoms with Crippen LogP contribution in [0.2, 0.25) is 0 Å². The molecule has 2 atom stereocenters. The van der Waals surface area contributed by atoms with Gasteiger partial charge in [0.25, 0.3) is 11.8 Å². The quantitative estimate of drug-likeness (QED) is 0.424. The summed E-state index contributed by atoms with van der Waals surface area (Å²) in [5.74, 6) is -0.00892. The van der Waals surface area contributed by atoms with Crippen LogP contribution in [0.1, 0.15) is 97.2 Å². The Morgan fingerprint density at radius 1 is 0.812 bits per heavy atom. The molecule has 0 amide bonds. The Morgan fingerprint density at radius 3 is 1.66 bits per heavy atom. The van der Waals surface area contributed by atoms with Gasteiger partial charge in [-0.25, -0.2) is 14.6 Å². The van der Waals surface area contributed by atoms with Gasteiger partial charge in [-0.15, -0.1) is 0 Å². The van der Waals surface area contributed by atoms with Gasteiger partial charge in [-0.2, -0.15) is 9.97 Å². The number of carbonyl (C=O) groups excluding carboxylic acids is 2. The third-order valence-electron chi connectivity index (χ3n) is 4.35. The molecule has 0 aromatic carbocycles. The zero-order chi connectivity index (χ0) is 23.1. The molecule has 11 heteroatoms. The molecule has 0 aliphatic carbocycles. The van der Waals surface area contributed by atoms with Crippen molar-refractivity contribution in [2.24, 2.45) is 0 Å². The van der Waals surface area contributed by atoms with Gasteiger partial charge in [0.15, 0.2) is 23.9 Å². The number of esters is 2. The number of hydrogen-bond donors (Lipinski definition) is 0. The molecule has 2 unspecified atom stereocenters. The molecular formula is C21H25N5O6. The first kappa shape index (κ1) is 23.0. The van der Waals surface area contributed by atoms with Gasteiger partial charge in [-0.05, 0) is 38.8 Å². The Hall–Kier alpha value is -3.63. The zero-order valence-electron chi connectivity index (χ0n) is 18.4. The van der Waals surface area contributed by atoms with Gasteiger partial charge in [-0.1, -0.05) is 30.2 Å². The summed E-state index contributed by atoms with van der Waals surface area (Å²) < 4.78 is 20.9. The highest BCUT2D eigenvalue weighted by atomic mass is 16.6. The molecule has 0 radical (unpaired) electrons. The Morgan fingerprint density at radius 2 is 1.25 bits per heavy atom. The van der Waals surface area contributed by atoms with Crippen molar-refractivity contribution in [2.75, 3.05) is 0 Å². The summed E-state index contributed by atoms with van der Waals surface area (Å²) in [6.07, 6.45) is 1.52. The number of pyridine rings is 1. The minimum atomic E-state index is -0.770. The SMILES string of the molecule is CCCc1noc(C(C)OC(=O)c2cccc(C(=O)OC(C)c3nc(CCC)no3)n2)n1. The van der Waals surface area contributed by atoms with Gasteiger partial charge in [0.2, 0.25) is 0 Å². The van der Waals surface area contributed by atoms with Crippen molar-refractivity contribution >= 4 is 11.9 Å². The molecule has 3 heterocycles. The van der Waals surface area contributed by atoms with Crippen LogP contribution in [-0.4, -0.2) is 37.2 Å². The van der Waals surface area contributed by atoms with E-state index in [1.165, 1.54) is 18.2 Å². The number of aromatic nitrogens is 5. The van der Waals surface area contributed by atoms with Crippen molar-refractivity contribution < 1.29 is 28.1 Å². The van der Waals surface area contributed by atoms with Crippen LogP contribution in [0.25, 0.3) is 0 Å². The molecule has 3 rings (SSSR count). The van der Waals surface area contributed by atoms with E-state index in [1.807, 2.05) is 13.8 Å². The highest BCUT2D eigenvalue weighted by Gasteiger charge is 2.23. The Balaban J connectivity index is 1.62. The standard InChI is InChI=1S/C21H25N5O6/c1-5-8-16-23-18(31-25-16)12(3)29-20(27)14-10-7-11-15(22-14)21(28)30-13(4)19-24-17(9-6-2)26-32-19/h7,10-13H,5-6,8-9H2,1-4H3. The molecule has 0 spiro atoms. The number of rotatable bonds is 10. The number of aryl methyl sites for hydroxylation is 2. The van der Waals surface area contributed by atoms with Crippen molar-refractivity contribution in [3.05, 3.63) is 53.0 Å². The summed E-state index contributed by atoms with van der Waals surface area (Å²) in [5, 5.41) is 7.67. The highest BCUT2D eigenvalue weighted by Crippen LogP contribution is 2.19. The minimum Gasteiger partial charge on any atom is -0.448 e. The van der Waals surface area contributed by atoms with E-state index in [0.717, 1.165) is 12.8 Å². The largest absolute Gasteiger partial charge is 0.448 e. The molecule has 32 heavy (non-hydrogen) atoms. The molecule has 3 aromatic rings. The lowest BCUT2D eigenvalue weighted by Gasteiger charge is -2.10. The Labute approximate surface area is 184 Å². The van der Waals surface area contributed by atoms with Crippen LogP contribution < -0.4 is 0 Å². The highest BCUT2D eigenvalue weighted by molar-refractivity contribution is 5.91. The third-order valence-corrected chi connectivity index (χ3v) is 4.35. The maximum Gasteiger partial charge on any atom is 0.357 e. The Bertz CT molecular complexity index is 983. The van der Waals surface area contributed by atoms with Crippen molar-refractivity contribution in [1.29, 1.82) is 0 Å². The maximum atomic E-state index is 12.5. The average molecular weight is 443 g/mol. The molecule has 0 bridgehead atoms. The monoisotopic (exact) mass is 443 g/mol. The first-order valence-electron chi connectivity index (χ1n) is 10.4. The summed E-state index contributed by atoms with van der Waals surface area (Å²) in [6, 6.07) is 4.37. The van der Waals surface area contributed by atoms with Crippen molar-refractivity contribution in [1.82, 2.24) is 25.3 Å². The second-order valence-electron chi connectivity index (χ2n) is 7.10. The van der Waals surface area contributed by atoms with Crippen LogP contribution in [0, 0.1) is 0 Å². The smallest absolute Gasteiger partial charge is 0.357 e. The average Bonchev–Trinajstić information content (AvgIpc) is 3.44. The molecule has 0 saturated carbocycles. The summed E-state index contributed by atoms with van der Waals surface area (Å²) in [5.41, 5.74) is -0.120. The van der Waals surface area contributed by atoms with E-state index in [1.54, 1.807) is 13.8 Å². The first-order chi connectivity index (χ1) is 15.4. The molecule has 0 N–H and O–H groups in total. The van der Waals surface area contributed by atoms with E-state index in [9.17, 15) is 9.59 Å². The van der Waals surface area contributed by atoms with E-state index in [-0.39, 0.29) is 23.2 Å². The zero-order valence-corrected chi connectivity index (χ0v) is 18.4. The Kier molecular flexibility index (Phi) is 7.63. The lowest BCUT2D eigenvalue weighted by atomic mass is 10.3. The van der Waals surface area contributed by atoms with Gasteiger partial charge in [0.05, 0.1) is 0 Å². The summed E-state index contributed by atoms with van der Waals surface area (Å²) in [6.45, 7) is 7.21. The van der Waals surface area contributed by atoms with Crippen LogP contribution in [0.4, 0.5) is 0 Å². The predicted octanol–water partition coefficient (Wildman–Crippen LogP) is 3.59. The molecule has 0 aliphatic heterocycles. The van der Waals surface area contributed by atoms with E-state index in [0.29, 0.717) is 24.5 Å². The van der Waals surface area contributed by atoms with Crippen LogP contribution >= 0.6 is 0 Å². The van der Waals surface area contributed by atoms with Crippen molar-refractivity contribution in [3.8, 4) is 0 Å². The van der Waals surface area contributed by atoms with E-state index in [2.05, 4.69) is 25.3 Å². The number of carbonyl (C=O) groups is 2. The summed E-state index contributed by atoms with van der Waals surface area (Å²) in [4.78, 5) is 37.4. The van der Waals surface area contributed by atoms with Crippen LogP contribution in [-0.2, 0) is 22.3 Å². The predicted molar refractivity (Wildman–Crippen MR) is 108 cm³/mol. The topological polar surface area (TPSA) is 143 Å². The molecule has 3 aromatic heterocycles. The number of nitrogens with zero attached hydrogens (tertiary/aromatic N) is 5. The first-order valence-corrected chi connectivity index (χ1v) is 10.4. The lowest BCUT2D eigenvalue weighted by Crippen LogP contribution is -2.15. The maximum absolute atomic E-state index is 12.5. The fraction of sp³-hybridized carbons (Fsp3) is 0.476. The van der Waals surface area contributed by atoms with Gasteiger partial charge in [0, 0.05) is 12.8 Å². The summed E-state index contributed by atoms with van der Waals surface area (Å²) >= 11 is 0. The lowest BCUT2D eigenvalue weighted by molar-refractivity contribution is 0.0249. The fourth-order valence-electron chi connectivity index (χ4n) is 2.72. The third kappa shape index (κ3) is 5.74. The molecule has 0 fully saturated rings. The molecule has 0 saturated heterocycles.